The summed E-state index contributed by atoms with van der Waals surface area (Å²) in [5.41, 5.74) is 1.25. The number of rotatable bonds is 2. The van der Waals surface area contributed by atoms with Crippen molar-refractivity contribution in [3.63, 3.8) is 0 Å². The Morgan fingerprint density at radius 2 is 2.40 bits per heavy atom. The van der Waals surface area contributed by atoms with E-state index in [1.807, 2.05) is 25.1 Å². The molecular weight excluding hydrogens is 120 g/mol. The molecule has 0 bridgehead atoms. The van der Waals surface area contributed by atoms with E-state index in [2.05, 4.69) is 24.3 Å². The summed E-state index contributed by atoms with van der Waals surface area (Å²) in [6.45, 7) is 2.03. The largest absolute Gasteiger partial charge is 0.0913 e. The molecule has 0 aliphatic carbocycles. The third kappa shape index (κ3) is 2.06. The molecule has 0 unspecified atom stereocenters. The van der Waals surface area contributed by atoms with Crippen molar-refractivity contribution in [1.29, 1.82) is 0 Å². The maximum absolute atomic E-state index is 3.15. The zero-order chi connectivity index (χ0) is 7.23. The normalized spacial score (nSPS) is 10.5. The van der Waals surface area contributed by atoms with E-state index in [0.717, 1.165) is 6.42 Å². The van der Waals surface area contributed by atoms with Crippen LogP contribution in [-0.4, -0.2) is 0 Å². The molecule has 10 heavy (non-hydrogen) atoms. The second-order valence-corrected chi connectivity index (χ2v) is 2.16. The molecule has 0 N–H and O–H groups in total. The molecule has 0 saturated heterocycles. The molecule has 0 aromatic heterocycles. The first kappa shape index (κ1) is 7.07. The lowest BCUT2D eigenvalue weighted by molar-refractivity contribution is 1.26. The third-order valence-electron chi connectivity index (χ3n) is 1.35. The second kappa shape index (κ2) is 3.89. The molecule has 0 fully saturated rings. The fourth-order valence-electron chi connectivity index (χ4n) is 0.802. The van der Waals surface area contributed by atoms with Gasteiger partial charge in [-0.1, -0.05) is 36.4 Å². The molecule has 1 radical (unpaired) electrons. The SMILES string of the molecule is CC=CCc1[c]cccc1. The molecule has 0 nitrogen and oxygen atoms in total. The monoisotopic (exact) mass is 131 g/mol. The van der Waals surface area contributed by atoms with Gasteiger partial charge >= 0.3 is 0 Å². The van der Waals surface area contributed by atoms with Crippen LogP contribution in [0.3, 0.4) is 0 Å². The van der Waals surface area contributed by atoms with Crippen LogP contribution in [0.1, 0.15) is 12.5 Å². The number of allylic oxidation sites excluding steroid dienone is 2. The molecule has 0 saturated carbocycles. The molecule has 0 amide bonds. The third-order valence-corrected chi connectivity index (χ3v) is 1.35. The first-order valence-corrected chi connectivity index (χ1v) is 3.50. The van der Waals surface area contributed by atoms with Crippen molar-refractivity contribution >= 4 is 0 Å². The Hall–Kier alpha value is -1.04. The Kier molecular flexibility index (Phi) is 2.75. The van der Waals surface area contributed by atoms with Gasteiger partial charge in [-0.2, -0.15) is 0 Å². The Balaban J connectivity index is 2.59. The predicted molar refractivity (Wildman–Crippen MR) is 43.8 cm³/mol. The van der Waals surface area contributed by atoms with Crippen molar-refractivity contribution in [2.45, 2.75) is 13.3 Å². The zero-order valence-electron chi connectivity index (χ0n) is 6.17. The highest BCUT2D eigenvalue weighted by molar-refractivity contribution is 5.15. The molecule has 0 heteroatoms. The Labute approximate surface area is 62.2 Å². The van der Waals surface area contributed by atoms with Crippen molar-refractivity contribution in [1.82, 2.24) is 0 Å². The van der Waals surface area contributed by atoms with E-state index in [-0.39, 0.29) is 0 Å². The summed E-state index contributed by atoms with van der Waals surface area (Å²) in [6, 6.07) is 11.2. The number of benzene rings is 1. The van der Waals surface area contributed by atoms with E-state index >= 15 is 0 Å². The van der Waals surface area contributed by atoms with Gasteiger partial charge in [0, 0.05) is 0 Å². The van der Waals surface area contributed by atoms with E-state index in [0.29, 0.717) is 0 Å². The fraction of sp³-hybridized carbons (Fsp3) is 0.200. The Morgan fingerprint density at radius 3 is 3.00 bits per heavy atom. The smallest absolute Gasteiger partial charge is 0.00914 e. The molecule has 0 heterocycles. The van der Waals surface area contributed by atoms with Crippen molar-refractivity contribution < 1.29 is 0 Å². The highest BCUT2D eigenvalue weighted by atomic mass is 13.9. The topological polar surface area (TPSA) is 0 Å². The van der Waals surface area contributed by atoms with E-state index in [1.165, 1.54) is 5.56 Å². The van der Waals surface area contributed by atoms with Crippen LogP contribution in [0.2, 0.25) is 0 Å². The highest BCUT2D eigenvalue weighted by Gasteiger charge is 1.83. The lowest BCUT2D eigenvalue weighted by Crippen LogP contribution is -1.77. The lowest BCUT2D eigenvalue weighted by Gasteiger charge is -1.91. The second-order valence-electron chi connectivity index (χ2n) is 2.16. The molecule has 1 rings (SSSR count). The van der Waals surface area contributed by atoms with E-state index in [4.69, 9.17) is 0 Å². The average Bonchev–Trinajstić information content (AvgIpc) is 2.03. The predicted octanol–water partition coefficient (Wildman–Crippen LogP) is 2.61. The van der Waals surface area contributed by atoms with Crippen molar-refractivity contribution in [2.24, 2.45) is 0 Å². The minimum atomic E-state index is 0.997. The Bertz CT molecular complexity index is 197. The highest BCUT2D eigenvalue weighted by Crippen LogP contribution is 1.98. The summed E-state index contributed by atoms with van der Waals surface area (Å²) in [7, 11) is 0. The molecule has 1 aromatic rings. The van der Waals surface area contributed by atoms with E-state index in [9.17, 15) is 0 Å². The summed E-state index contributed by atoms with van der Waals surface area (Å²) in [4.78, 5) is 0. The van der Waals surface area contributed by atoms with Gasteiger partial charge in [0.1, 0.15) is 0 Å². The zero-order valence-corrected chi connectivity index (χ0v) is 6.17. The molecule has 0 aliphatic rings. The standard InChI is InChI=1S/C10H11/c1-2-3-7-10-8-5-4-6-9-10/h2-6,8H,7H2,1H3. The maximum atomic E-state index is 3.15. The number of hydrogen-bond donors (Lipinski definition) is 0. The van der Waals surface area contributed by atoms with Crippen LogP contribution in [-0.2, 0) is 6.42 Å². The van der Waals surface area contributed by atoms with Crippen LogP contribution in [0.25, 0.3) is 0 Å². The van der Waals surface area contributed by atoms with Gasteiger partial charge in [-0.15, -0.1) is 0 Å². The summed E-state index contributed by atoms with van der Waals surface area (Å²) < 4.78 is 0. The molecule has 0 spiro atoms. The van der Waals surface area contributed by atoms with Gasteiger partial charge in [-0.05, 0) is 25.0 Å². The average molecular weight is 131 g/mol. The van der Waals surface area contributed by atoms with Crippen molar-refractivity contribution in [2.75, 3.05) is 0 Å². The van der Waals surface area contributed by atoms with Gasteiger partial charge in [-0.3, -0.25) is 0 Å². The van der Waals surface area contributed by atoms with Gasteiger partial charge < -0.3 is 0 Å². The minimum absolute atomic E-state index is 0.997. The summed E-state index contributed by atoms with van der Waals surface area (Å²) in [6.07, 6.45) is 5.18. The lowest BCUT2D eigenvalue weighted by atomic mass is 10.1. The van der Waals surface area contributed by atoms with Gasteiger partial charge in [0.15, 0.2) is 0 Å². The van der Waals surface area contributed by atoms with Crippen LogP contribution in [0.15, 0.2) is 36.4 Å². The van der Waals surface area contributed by atoms with Crippen LogP contribution in [0, 0.1) is 6.07 Å². The van der Waals surface area contributed by atoms with E-state index < -0.39 is 0 Å². The molecular formula is C10H11. The quantitative estimate of drug-likeness (QED) is 0.541. The molecule has 0 atom stereocenters. The van der Waals surface area contributed by atoms with Crippen LogP contribution < -0.4 is 0 Å². The first-order chi connectivity index (χ1) is 4.93. The Morgan fingerprint density at radius 1 is 1.50 bits per heavy atom. The first-order valence-electron chi connectivity index (χ1n) is 3.50. The molecule has 0 aliphatic heterocycles. The van der Waals surface area contributed by atoms with E-state index in [1.54, 1.807) is 0 Å². The van der Waals surface area contributed by atoms with Gasteiger partial charge in [0.2, 0.25) is 0 Å². The van der Waals surface area contributed by atoms with Crippen LogP contribution in [0.4, 0.5) is 0 Å². The van der Waals surface area contributed by atoms with Gasteiger partial charge in [0.05, 0.1) is 0 Å². The number of hydrogen-bond acceptors (Lipinski definition) is 0. The van der Waals surface area contributed by atoms with Gasteiger partial charge in [0.25, 0.3) is 0 Å². The summed E-state index contributed by atoms with van der Waals surface area (Å²) in [5, 5.41) is 0. The minimum Gasteiger partial charge on any atom is -0.0913 e. The summed E-state index contributed by atoms with van der Waals surface area (Å²) in [5.74, 6) is 0. The van der Waals surface area contributed by atoms with Crippen molar-refractivity contribution in [3.8, 4) is 0 Å². The maximum Gasteiger partial charge on any atom is -0.00914 e. The van der Waals surface area contributed by atoms with Gasteiger partial charge in [-0.25, -0.2) is 0 Å². The summed E-state index contributed by atoms with van der Waals surface area (Å²) >= 11 is 0. The van der Waals surface area contributed by atoms with Crippen LogP contribution in [0.5, 0.6) is 0 Å². The fourth-order valence-corrected chi connectivity index (χ4v) is 0.802. The molecule has 51 valence electrons. The van der Waals surface area contributed by atoms with Crippen molar-refractivity contribution in [3.05, 3.63) is 48.0 Å². The van der Waals surface area contributed by atoms with Crippen LogP contribution >= 0.6 is 0 Å². The molecule has 1 aromatic carbocycles.